The molecule has 2 saturated heterocycles. The maximum absolute atomic E-state index is 12.0. The molecule has 1 aromatic heterocycles. The van der Waals surface area contributed by atoms with E-state index in [9.17, 15) is 4.79 Å². The Morgan fingerprint density at radius 1 is 1.07 bits per heavy atom. The van der Waals surface area contributed by atoms with Crippen LogP contribution in [0.1, 0.15) is 46.1 Å². The zero-order valence-electron chi connectivity index (χ0n) is 17.3. The Morgan fingerprint density at radius 2 is 1.79 bits per heavy atom. The second-order valence-corrected chi connectivity index (χ2v) is 8.74. The number of aryl methyl sites for hydroxylation is 1. The highest BCUT2D eigenvalue weighted by atomic mass is 16.7. The molecule has 28 heavy (non-hydrogen) atoms. The number of amides is 1. The van der Waals surface area contributed by atoms with Gasteiger partial charge in [-0.25, -0.2) is 0 Å². The summed E-state index contributed by atoms with van der Waals surface area (Å²) in [6.45, 7) is 11.1. The maximum atomic E-state index is 12.0. The molecule has 2 aliphatic heterocycles. The van der Waals surface area contributed by atoms with Crippen LogP contribution in [0.4, 0.5) is 5.69 Å². The molecule has 0 N–H and O–H groups in total. The van der Waals surface area contributed by atoms with Crippen LogP contribution in [0.25, 0.3) is 11.1 Å². The summed E-state index contributed by atoms with van der Waals surface area (Å²) >= 11 is 0. The molecule has 4 rings (SSSR count). The van der Waals surface area contributed by atoms with Crippen LogP contribution in [0, 0.1) is 6.92 Å². The lowest BCUT2D eigenvalue weighted by Gasteiger charge is -2.32. The average Bonchev–Trinajstić information content (AvgIpc) is 3.15. The van der Waals surface area contributed by atoms with Gasteiger partial charge in [0.05, 0.1) is 11.2 Å². The number of carbonyl (C=O) groups excluding carboxylic acids is 1. The molecule has 1 aromatic carbocycles. The van der Waals surface area contributed by atoms with E-state index in [0.29, 0.717) is 6.42 Å². The topological polar surface area (TPSA) is 51.7 Å². The second kappa shape index (κ2) is 6.71. The summed E-state index contributed by atoms with van der Waals surface area (Å²) in [5, 5.41) is 0. The van der Waals surface area contributed by atoms with E-state index in [4.69, 9.17) is 9.31 Å². The number of aromatic nitrogens is 1. The number of nitrogens with zero attached hydrogens (tertiary/aromatic N) is 2. The Bertz CT molecular complexity index is 910. The van der Waals surface area contributed by atoms with Crippen LogP contribution < -0.4 is 10.4 Å². The van der Waals surface area contributed by atoms with E-state index in [1.54, 1.807) is 6.20 Å². The predicted molar refractivity (Wildman–Crippen MR) is 112 cm³/mol. The SMILES string of the molecule is Cc1cc(N2CCCC2=O)ccc1-c1cncc(B2OC(C)(C)C(C)(C)O2)c1. The Morgan fingerprint density at radius 3 is 2.39 bits per heavy atom. The molecule has 0 spiro atoms. The van der Waals surface area contributed by atoms with Crippen LogP contribution in [0.5, 0.6) is 0 Å². The Balaban J connectivity index is 1.62. The van der Waals surface area contributed by atoms with Crippen LogP contribution in [0.2, 0.25) is 0 Å². The molecule has 2 aromatic rings. The van der Waals surface area contributed by atoms with Crippen molar-refractivity contribution in [2.24, 2.45) is 0 Å². The fraction of sp³-hybridized carbons (Fsp3) is 0.455. The van der Waals surface area contributed by atoms with Gasteiger partial charge >= 0.3 is 7.12 Å². The van der Waals surface area contributed by atoms with Gasteiger partial charge in [-0.05, 0) is 69.9 Å². The van der Waals surface area contributed by atoms with Gasteiger partial charge in [-0.2, -0.15) is 0 Å². The normalized spacial score (nSPS) is 20.8. The summed E-state index contributed by atoms with van der Waals surface area (Å²) in [7, 11) is -0.431. The number of rotatable bonds is 3. The minimum absolute atomic E-state index is 0.205. The number of anilines is 1. The molecular formula is C22H27BN2O3. The summed E-state index contributed by atoms with van der Waals surface area (Å²) in [6.07, 6.45) is 5.23. The average molecular weight is 378 g/mol. The van der Waals surface area contributed by atoms with Gasteiger partial charge in [0.1, 0.15) is 0 Å². The Labute approximate surface area is 167 Å². The lowest BCUT2D eigenvalue weighted by molar-refractivity contribution is -0.117. The highest BCUT2D eigenvalue weighted by Gasteiger charge is 2.51. The third kappa shape index (κ3) is 3.25. The standard InChI is InChI=1S/C22H27BN2O3/c1-15-11-18(25-10-6-7-20(25)26)8-9-19(15)16-12-17(14-24-13-16)23-27-21(2,3)22(4,5)28-23/h8-9,11-14H,6-7,10H2,1-5H3. The second-order valence-electron chi connectivity index (χ2n) is 8.74. The van der Waals surface area contributed by atoms with Crippen molar-refractivity contribution in [1.29, 1.82) is 0 Å². The summed E-state index contributed by atoms with van der Waals surface area (Å²) in [6, 6.07) is 8.26. The van der Waals surface area contributed by atoms with Gasteiger partial charge in [0.25, 0.3) is 0 Å². The van der Waals surface area contributed by atoms with Crippen LogP contribution in [0.15, 0.2) is 36.7 Å². The molecule has 5 nitrogen and oxygen atoms in total. The van der Waals surface area contributed by atoms with E-state index in [2.05, 4.69) is 30.1 Å². The van der Waals surface area contributed by atoms with Crippen LogP contribution in [0.3, 0.4) is 0 Å². The molecule has 0 unspecified atom stereocenters. The number of benzene rings is 1. The molecule has 3 heterocycles. The molecule has 2 fully saturated rings. The number of hydrogen-bond acceptors (Lipinski definition) is 4. The van der Waals surface area contributed by atoms with E-state index in [1.807, 2.05) is 44.9 Å². The van der Waals surface area contributed by atoms with Crippen molar-refractivity contribution in [1.82, 2.24) is 4.98 Å². The highest BCUT2D eigenvalue weighted by molar-refractivity contribution is 6.62. The van der Waals surface area contributed by atoms with E-state index in [1.165, 1.54) is 0 Å². The zero-order chi connectivity index (χ0) is 20.1. The minimum Gasteiger partial charge on any atom is -0.399 e. The Hall–Kier alpha value is -2.18. The lowest BCUT2D eigenvalue weighted by Crippen LogP contribution is -2.41. The van der Waals surface area contributed by atoms with Crippen molar-refractivity contribution in [3.8, 4) is 11.1 Å². The maximum Gasteiger partial charge on any atom is 0.496 e. The molecule has 0 bridgehead atoms. The molecule has 6 heteroatoms. The molecular weight excluding hydrogens is 351 g/mol. The van der Waals surface area contributed by atoms with Gasteiger partial charge in [-0.3, -0.25) is 9.78 Å². The van der Waals surface area contributed by atoms with Gasteiger partial charge in [0, 0.05) is 36.5 Å². The smallest absolute Gasteiger partial charge is 0.399 e. The summed E-state index contributed by atoms with van der Waals surface area (Å²) < 4.78 is 12.3. The largest absolute Gasteiger partial charge is 0.496 e. The third-order valence-corrected chi connectivity index (χ3v) is 6.19. The minimum atomic E-state index is -0.431. The predicted octanol–water partition coefficient (Wildman–Crippen LogP) is 3.48. The van der Waals surface area contributed by atoms with E-state index < -0.39 is 7.12 Å². The van der Waals surface area contributed by atoms with Gasteiger partial charge in [-0.1, -0.05) is 12.1 Å². The van der Waals surface area contributed by atoms with Gasteiger partial charge in [0.15, 0.2) is 0 Å². The van der Waals surface area contributed by atoms with Gasteiger partial charge < -0.3 is 14.2 Å². The van der Waals surface area contributed by atoms with E-state index in [-0.39, 0.29) is 17.1 Å². The van der Waals surface area contributed by atoms with E-state index in [0.717, 1.165) is 40.8 Å². The molecule has 2 aliphatic rings. The van der Waals surface area contributed by atoms with Crippen molar-refractivity contribution in [2.75, 3.05) is 11.4 Å². The fourth-order valence-corrected chi connectivity index (χ4v) is 3.77. The van der Waals surface area contributed by atoms with Crippen molar-refractivity contribution in [2.45, 2.75) is 58.7 Å². The lowest BCUT2D eigenvalue weighted by atomic mass is 9.79. The first-order valence-corrected chi connectivity index (χ1v) is 9.90. The summed E-state index contributed by atoms with van der Waals surface area (Å²) in [5.41, 5.74) is 4.35. The van der Waals surface area contributed by atoms with Crippen molar-refractivity contribution < 1.29 is 14.1 Å². The van der Waals surface area contributed by atoms with Crippen molar-refractivity contribution >= 4 is 24.2 Å². The molecule has 146 valence electrons. The highest BCUT2D eigenvalue weighted by Crippen LogP contribution is 2.37. The first-order valence-electron chi connectivity index (χ1n) is 9.90. The molecule has 1 amide bonds. The number of hydrogen-bond donors (Lipinski definition) is 0. The molecule has 0 radical (unpaired) electrons. The molecule has 0 saturated carbocycles. The molecule has 0 aliphatic carbocycles. The first-order chi connectivity index (χ1) is 13.2. The van der Waals surface area contributed by atoms with Crippen LogP contribution in [-0.2, 0) is 14.1 Å². The van der Waals surface area contributed by atoms with Crippen LogP contribution in [-0.4, -0.2) is 35.8 Å². The number of carbonyl (C=O) groups is 1. The van der Waals surface area contributed by atoms with E-state index >= 15 is 0 Å². The first kappa shape index (κ1) is 19.2. The Kier molecular flexibility index (Phi) is 4.59. The quantitative estimate of drug-likeness (QED) is 0.768. The summed E-state index contributed by atoms with van der Waals surface area (Å²) in [4.78, 5) is 18.3. The third-order valence-electron chi connectivity index (χ3n) is 6.19. The van der Waals surface area contributed by atoms with Crippen molar-refractivity contribution in [3.63, 3.8) is 0 Å². The van der Waals surface area contributed by atoms with Crippen molar-refractivity contribution in [3.05, 3.63) is 42.2 Å². The van der Waals surface area contributed by atoms with Crippen LogP contribution >= 0.6 is 0 Å². The monoisotopic (exact) mass is 378 g/mol. The fourth-order valence-electron chi connectivity index (χ4n) is 3.77. The number of pyridine rings is 1. The molecule has 0 atom stereocenters. The summed E-state index contributed by atoms with van der Waals surface area (Å²) in [5.74, 6) is 0.205. The van der Waals surface area contributed by atoms with Gasteiger partial charge in [0.2, 0.25) is 5.91 Å². The zero-order valence-corrected chi connectivity index (χ0v) is 17.3. The van der Waals surface area contributed by atoms with Gasteiger partial charge in [-0.15, -0.1) is 0 Å².